The zero-order valence-corrected chi connectivity index (χ0v) is 20.8. The van der Waals surface area contributed by atoms with Crippen molar-refractivity contribution in [1.82, 2.24) is 10.3 Å². The lowest BCUT2D eigenvalue weighted by atomic mass is 9.91. The summed E-state index contributed by atoms with van der Waals surface area (Å²) in [5.41, 5.74) is 3.24. The van der Waals surface area contributed by atoms with Gasteiger partial charge in [0.05, 0.1) is 5.52 Å². The molecule has 0 unspecified atom stereocenters. The molecule has 5 nitrogen and oxygen atoms in total. The molecular weight excluding hydrogens is 517 g/mol. The number of hydrogen-bond donors (Lipinski definition) is 3. The Morgan fingerprint density at radius 2 is 1.68 bits per heavy atom. The second-order valence-corrected chi connectivity index (χ2v) is 9.89. The van der Waals surface area contributed by atoms with Crippen LogP contribution in [0.25, 0.3) is 10.9 Å². The molecule has 1 heterocycles. The van der Waals surface area contributed by atoms with E-state index in [0.717, 1.165) is 42.7 Å². The van der Waals surface area contributed by atoms with Crippen LogP contribution in [-0.2, 0) is 0 Å². The highest BCUT2D eigenvalue weighted by molar-refractivity contribution is 14.1. The number of fused-ring (bicyclic) bond motifs is 1. The molecule has 3 aromatic rings. The predicted molar refractivity (Wildman–Crippen MR) is 144 cm³/mol. The molecule has 1 fully saturated rings. The molecule has 0 amide bonds. The maximum Gasteiger partial charge on any atom is 0.170 e. The van der Waals surface area contributed by atoms with Crippen molar-refractivity contribution >= 4 is 68.0 Å². The Bertz CT molecular complexity index is 1050. The summed E-state index contributed by atoms with van der Waals surface area (Å²) in [7, 11) is 4.16. The van der Waals surface area contributed by atoms with E-state index in [1.807, 2.05) is 6.07 Å². The van der Waals surface area contributed by atoms with Crippen LogP contribution >= 0.6 is 34.8 Å². The minimum absolute atomic E-state index is 0.406. The molecular formula is C24H28IN5S. The summed E-state index contributed by atoms with van der Waals surface area (Å²) in [5, 5.41) is 12.3. The van der Waals surface area contributed by atoms with E-state index in [1.165, 1.54) is 14.6 Å². The molecule has 1 aliphatic rings. The van der Waals surface area contributed by atoms with Gasteiger partial charge in [0.25, 0.3) is 0 Å². The summed E-state index contributed by atoms with van der Waals surface area (Å²) < 4.78 is 1.21. The van der Waals surface area contributed by atoms with Gasteiger partial charge in [0, 0.05) is 52.6 Å². The van der Waals surface area contributed by atoms with Gasteiger partial charge in [0.15, 0.2) is 5.11 Å². The fourth-order valence-electron chi connectivity index (χ4n) is 4.08. The Morgan fingerprint density at radius 3 is 2.39 bits per heavy atom. The molecule has 3 N–H and O–H groups in total. The number of anilines is 3. The van der Waals surface area contributed by atoms with Crippen LogP contribution in [0.3, 0.4) is 0 Å². The van der Waals surface area contributed by atoms with Gasteiger partial charge in [-0.1, -0.05) is 18.2 Å². The Hall–Kier alpha value is -2.13. The lowest BCUT2D eigenvalue weighted by Crippen LogP contribution is -2.42. The van der Waals surface area contributed by atoms with Crippen molar-refractivity contribution in [2.24, 2.45) is 0 Å². The standard InChI is InChI=1S/C24H28IN5S/c1-30(2)22-15-23(29-21-6-4-3-5-20(21)22)26-17-11-13-19(14-12-17)28-24(31)27-18-9-7-16(25)8-10-18/h3-10,15,17,19H,11-14H2,1-2H3,(H,26,29)(H2,27,28,31). The quantitative estimate of drug-likeness (QED) is 0.286. The molecule has 1 aromatic heterocycles. The van der Waals surface area contributed by atoms with E-state index in [0.29, 0.717) is 17.2 Å². The van der Waals surface area contributed by atoms with E-state index in [9.17, 15) is 0 Å². The number of aromatic nitrogens is 1. The summed E-state index contributed by atoms with van der Waals surface area (Å²) in [6.45, 7) is 0. The molecule has 2 aromatic carbocycles. The number of benzene rings is 2. The molecule has 0 radical (unpaired) electrons. The Labute approximate surface area is 203 Å². The van der Waals surface area contributed by atoms with Crippen LogP contribution in [0.4, 0.5) is 17.2 Å². The van der Waals surface area contributed by atoms with E-state index < -0.39 is 0 Å². The maximum absolute atomic E-state index is 5.51. The van der Waals surface area contributed by atoms with Crippen molar-refractivity contribution < 1.29 is 0 Å². The molecule has 4 rings (SSSR count). The van der Waals surface area contributed by atoms with Gasteiger partial charge in [-0.15, -0.1) is 0 Å². The van der Waals surface area contributed by atoms with Crippen molar-refractivity contribution in [2.45, 2.75) is 37.8 Å². The number of para-hydroxylation sites is 1. The number of nitrogens with zero attached hydrogens (tertiary/aromatic N) is 2. The largest absolute Gasteiger partial charge is 0.377 e. The lowest BCUT2D eigenvalue weighted by molar-refractivity contribution is 0.388. The lowest BCUT2D eigenvalue weighted by Gasteiger charge is -2.31. The van der Waals surface area contributed by atoms with Gasteiger partial charge in [0.1, 0.15) is 5.82 Å². The average Bonchev–Trinajstić information content (AvgIpc) is 2.76. The summed E-state index contributed by atoms with van der Waals surface area (Å²) in [6, 6.07) is 19.6. The van der Waals surface area contributed by atoms with E-state index >= 15 is 0 Å². The van der Waals surface area contributed by atoms with Gasteiger partial charge in [-0.05, 0) is 90.8 Å². The van der Waals surface area contributed by atoms with Crippen LogP contribution in [0, 0.1) is 3.57 Å². The van der Waals surface area contributed by atoms with Gasteiger partial charge < -0.3 is 20.9 Å². The number of halogens is 1. The van der Waals surface area contributed by atoms with Crippen molar-refractivity contribution in [3.63, 3.8) is 0 Å². The summed E-state index contributed by atoms with van der Waals surface area (Å²) in [6.07, 6.45) is 4.35. The predicted octanol–water partition coefficient (Wildman–Crippen LogP) is 5.62. The second kappa shape index (κ2) is 9.99. The SMILES string of the molecule is CN(C)c1cc(NC2CCC(NC(=S)Nc3ccc(I)cc3)CC2)nc2ccccc12. The van der Waals surface area contributed by atoms with Crippen molar-refractivity contribution in [3.8, 4) is 0 Å². The highest BCUT2D eigenvalue weighted by Crippen LogP contribution is 2.29. The molecule has 0 aliphatic heterocycles. The van der Waals surface area contributed by atoms with Crippen molar-refractivity contribution in [1.29, 1.82) is 0 Å². The van der Waals surface area contributed by atoms with Gasteiger partial charge in [0.2, 0.25) is 0 Å². The van der Waals surface area contributed by atoms with Crippen LogP contribution in [-0.4, -0.2) is 36.3 Å². The first kappa shape index (κ1) is 22.1. The molecule has 7 heteroatoms. The molecule has 0 spiro atoms. The summed E-state index contributed by atoms with van der Waals surface area (Å²) in [4.78, 5) is 7.00. The fraction of sp³-hybridized carbons (Fsp3) is 0.333. The molecule has 0 bridgehead atoms. The zero-order valence-electron chi connectivity index (χ0n) is 17.9. The third kappa shape index (κ3) is 5.77. The average molecular weight is 545 g/mol. The maximum atomic E-state index is 5.51. The normalized spacial score (nSPS) is 18.4. The van der Waals surface area contributed by atoms with Crippen LogP contribution in [0.15, 0.2) is 54.6 Å². The number of rotatable bonds is 5. The molecule has 162 valence electrons. The molecule has 31 heavy (non-hydrogen) atoms. The molecule has 0 saturated heterocycles. The van der Waals surface area contributed by atoms with Crippen molar-refractivity contribution in [2.75, 3.05) is 29.6 Å². The summed E-state index contributed by atoms with van der Waals surface area (Å²) in [5.74, 6) is 0.953. The minimum Gasteiger partial charge on any atom is -0.377 e. The smallest absolute Gasteiger partial charge is 0.170 e. The number of thiocarbonyl (C=S) groups is 1. The van der Waals surface area contributed by atoms with E-state index in [4.69, 9.17) is 17.2 Å². The monoisotopic (exact) mass is 545 g/mol. The Morgan fingerprint density at radius 1 is 1.00 bits per heavy atom. The van der Waals surface area contributed by atoms with Crippen LogP contribution < -0.4 is 20.9 Å². The third-order valence-corrected chi connectivity index (χ3v) is 6.63. The molecule has 1 saturated carbocycles. The first-order chi connectivity index (χ1) is 15.0. The number of pyridine rings is 1. The third-order valence-electron chi connectivity index (χ3n) is 5.69. The Kier molecular flexibility index (Phi) is 7.12. The molecule has 1 aliphatic carbocycles. The van der Waals surface area contributed by atoms with Crippen LogP contribution in [0.2, 0.25) is 0 Å². The van der Waals surface area contributed by atoms with E-state index in [-0.39, 0.29) is 0 Å². The fourth-order valence-corrected chi connectivity index (χ4v) is 4.72. The van der Waals surface area contributed by atoms with Gasteiger partial charge >= 0.3 is 0 Å². The van der Waals surface area contributed by atoms with Crippen LogP contribution in [0.5, 0.6) is 0 Å². The first-order valence-corrected chi connectivity index (χ1v) is 12.1. The van der Waals surface area contributed by atoms with Gasteiger partial charge in [-0.3, -0.25) is 0 Å². The second-order valence-electron chi connectivity index (χ2n) is 8.24. The number of hydrogen-bond acceptors (Lipinski definition) is 4. The summed E-state index contributed by atoms with van der Waals surface area (Å²) >= 11 is 7.82. The minimum atomic E-state index is 0.406. The van der Waals surface area contributed by atoms with E-state index in [1.54, 1.807) is 0 Å². The van der Waals surface area contributed by atoms with E-state index in [2.05, 4.69) is 106 Å². The topological polar surface area (TPSA) is 52.2 Å². The van der Waals surface area contributed by atoms with Crippen LogP contribution in [0.1, 0.15) is 25.7 Å². The molecule has 0 atom stereocenters. The van der Waals surface area contributed by atoms with Gasteiger partial charge in [-0.2, -0.15) is 0 Å². The highest BCUT2D eigenvalue weighted by atomic mass is 127. The number of nitrogens with one attached hydrogen (secondary N) is 3. The highest BCUT2D eigenvalue weighted by Gasteiger charge is 2.22. The Balaban J connectivity index is 1.32. The van der Waals surface area contributed by atoms with Crippen molar-refractivity contribution in [3.05, 3.63) is 58.2 Å². The zero-order chi connectivity index (χ0) is 21.8. The first-order valence-electron chi connectivity index (χ1n) is 10.6. The van der Waals surface area contributed by atoms with Gasteiger partial charge in [-0.25, -0.2) is 4.98 Å².